The maximum absolute atomic E-state index is 4.51. The molecule has 3 aromatic heterocycles. The highest BCUT2D eigenvalue weighted by atomic mass is 32.1. The van der Waals surface area contributed by atoms with Gasteiger partial charge in [-0.25, -0.2) is 9.97 Å². The van der Waals surface area contributed by atoms with E-state index in [0.29, 0.717) is 6.54 Å². The van der Waals surface area contributed by atoms with E-state index in [0.717, 1.165) is 28.7 Å². The third-order valence-corrected chi connectivity index (χ3v) is 3.33. The first-order valence-electron chi connectivity index (χ1n) is 5.84. The molecule has 5 nitrogen and oxygen atoms in total. The van der Waals surface area contributed by atoms with Gasteiger partial charge in [0.2, 0.25) is 5.13 Å². The minimum Gasteiger partial charge on any atom is -0.355 e. The second-order valence-corrected chi connectivity index (χ2v) is 4.67. The van der Waals surface area contributed by atoms with E-state index in [9.17, 15) is 0 Å². The normalized spacial score (nSPS) is 10.9. The van der Waals surface area contributed by atoms with Crippen molar-refractivity contribution in [1.82, 2.24) is 18.7 Å². The summed E-state index contributed by atoms with van der Waals surface area (Å²) in [6.45, 7) is 2.72. The molecule has 6 heteroatoms. The van der Waals surface area contributed by atoms with Crippen molar-refractivity contribution in [2.45, 2.75) is 19.9 Å². The van der Waals surface area contributed by atoms with Crippen LogP contribution in [-0.2, 0) is 13.0 Å². The Balaban J connectivity index is 1.72. The Bertz CT molecular complexity index is 624. The summed E-state index contributed by atoms with van der Waals surface area (Å²) in [5.41, 5.74) is 1.95. The lowest BCUT2D eigenvalue weighted by Crippen LogP contribution is -1.99. The van der Waals surface area contributed by atoms with Gasteiger partial charge in [0.1, 0.15) is 11.5 Å². The molecule has 0 amide bonds. The van der Waals surface area contributed by atoms with Crippen LogP contribution in [0, 0.1) is 0 Å². The van der Waals surface area contributed by atoms with E-state index >= 15 is 0 Å². The molecule has 0 radical (unpaired) electrons. The number of rotatable bonds is 4. The van der Waals surface area contributed by atoms with Crippen LogP contribution in [0.1, 0.15) is 18.4 Å². The van der Waals surface area contributed by atoms with Crippen molar-refractivity contribution in [2.24, 2.45) is 0 Å². The Morgan fingerprint density at radius 1 is 1.33 bits per heavy atom. The van der Waals surface area contributed by atoms with Crippen LogP contribution in [0.5, 0.6) is 0 Å². The molecule has 3 aromatic rings. The average molecular weight is 259 g/mol. The summed E-state index contributed by atoms with van der Waals surface area (Å²) in [6, 6.07) is 5.96. The average Bonchev–Trinajstić information content (AvgIpc) is 3.02. The molecule has 0 fully saturated rings. The van der Waals surface area contributed by atoms with Gasteiger partial charge in [-0.1, -0.05) is 13.0 Å². The summed E-state index contributed by atoms with van der Waals surface area (Å²) < 4.78 is 6.24. The fraction of sp³-hybridized carbons (Fsp3) is 0.250. The smallest absolute Gasteiger partial charge is 0.202 e. The molecule has 1 N–H and O–H groups in total. The number of aryl methyl sites for hydroxylation is 1. The Kier molecular flexibility index (Phi) is 2.93. The molecule has 0 unspecified atom stereocenters. The zero-order chi connectivity index (χ0) is 12.4. The molecule has 0 bridgehead atoms. The quantitative estimate of drug-likeness (QED) is 0.781. The second-order valence-electron chi connectivity index (χ2n) is 3.92. The van der Waals surface area contributed by atoms with Crippen molar-refractivity contribution in [3.05, 3.63) is 42.1 Å². The van der Waals surface area contributed by atoms with Gasteiger partial charge >= 0.3 is 0 Å². The van der Waals surface area contributed by atoms with Crippen molar-refractivity contribution in [3.63, 3.8) is 0 Å². The molecule has 0 aliphatic rings. The lowest BCUT2D eigenvalue weighted by Gasteiger charge is -1.96. The highest BCUT2D eigenvalue weighted by Gasteiger charge is 2.04. The second kappa shape index (κ2) is 4.73. The molecular formula is C12H13N5S. The van der Waals surface area contributed by atoms with E-state index in [1.165, 1.54) is 11.5 Å². The number of hydrogen-bond donors (Lipinski definition) is 1. The van der Waals surface area contributed by atoms with Crippen molar-refractivity contribution in [3.8, 4) is 0 Å². The number of aromatic nitrogens is 4. The summed E-state index contributed by atoms with van der Waals surface area (Å²) in [7, 11) is 0. The van der Waals surface area contributed by atoms with Gasteiger partial charge in [-0.3, -0.25) is 0 Å². The molecule has 92 valence electrons. The Morgan fingerprint density at radius 2 is 2.28 bits per heavy atom. The van der Waals surface area contributed by atoms with Crippen molar-refractivity contribution in [2.75, 3.05) is 5.32 Å². The fourth-order valence-electron chi connectivity index (χ4n) is 1.71. The number of pyridine rings is 1. The predicted octanol–water partition coefficient (Wildman–Crippen LogP) is 2.36. The lowest BCUT2D eigenvalue weighted by atomic mass is 10.5. The first-order valence-corrected chi connectivity index (χ1v) is 6.61. The van der Waals surface area contributed by atoms with E-state index < -0.39 is 0 Å². The molecule has 0 aromatic carbocycles. The van der Waals surface area contributed by atoms with Crippen LogP contribution in [0.4, 0.5) is 5.13 Å². The van der Waals surface area contributed by atoms with E-state index in [1.54, 1.807) is 0 Å². The lowest BCUT2D eigenvalue weighted by molar-refractivity contribution is 0.988. The molecule has 3 heterocycles. The van der Waals surface area contributed by atoms with Gasteiger partial charge in [-0.15, -0.1) is 0 Å². The van der Waals surface area contributed by atoms with Gasteiger partial charge in [0.05, 0.1) is 12.2 Å². The zero-order valence-corrected chi connectivity index (χ0v) is 10.8. The summed E-state index contributed by atoms with van der Waals surface area (Å²) in [5, 5.41) is 4.10. The molecule has 3 rings (SSSR count). The highest BCUT2D eigenvalue weighted by Crippen LogP contribution is 2.13. The summed E-state index contributed by atoms with van der Waals surface area (Å²) >= 11 is 1.39. The van der Waals surface area contributed by atoms with Crippen molar-refractivity contribution in [1.29, 1.82) is 0 Å². The van der Waals surface area contributed by atoms with Crippen LogP contribution >= 0.6 is 11.5 Å². The topological polar surface area (TPSA) is 55.1 Å². The van der Waals surface area contributed by atoms with E-state index in [2.05, 4.69) is 19.7 Å². The Hall–Kier alpha value is -1.95. The van der Waals surface area contributed by atoms with E-state index in [1.807, 2.05) is 41.9 Å². The number of nitrogens with one attached hydrogen (secondary N) is 1. The SMILES string of the molecule is CCc1nsc(NCc2cn3ccccc3n2)n1. The first-order chi connectivity index (χ1) is 8.85. The highest BCUT2D eigenvalue weighted by molar-refractivity contribution is 7.09. The van der Waals surface area contributed by atoms with Gasteiger partial charge in [0, 0.05) is 30.3 Å². The molecule has 0 atom stereocenters. The Labute approximate surface area is 109 Å². The molecule has 0 spiro atoms. The van der Waals surface area contributed by atoms with Crippen LogP contribution in [0.15, 0.2) is 30.6 Å². The third kappa shape index (κ3) is 2.19. The van der Waals surface area contributed by atoms with Gasteiger partial charge in [0.25, 0.3) is 0 Å². The molecule has 0 saturated heterocycles. The van der Waals surface area contributed by atoms with E-state index in [-0.39, 0.29) is 0 Å². The number of anilines is 1. The summed E-state index contributed by atoms with van der Waals surface area (Å²) in [6.07, 6.45) is 4.88. The minimum absolute atomic E-state index is 0.667. The van der Waals surface area contributed by atoms with Crippen LogP contribution in [0.2, 0.25) is 0 Å². The Morgan fingerprint density at radius 3 is 3.06 bits per heavy atom. The van der Waals surface area contributed by atoms with Crippen molar-refractivity contribution >= 4 is 22.3 Å². The molecular weight excluding hydrogens is 246 g/mol. The van der Waals surface area contributed by atoms with Crippen LogP contribution < -0.4 is 5.32 Å². The number of hydrogen-bond acceptors (Lipinski definition) is 5. The molecule has 0 aliphatic heterocycles. The monoisotopic (exact) mass is 259 g/mol. The summed E-state index contributed by atoms with van der Waals surface area (Å²) in [5.74, 6) is 0.887. The number of imidazole rings is 1. The number of fused-ring (bicyclic) bond motifs is 1. The first kappa shape index (κ1) is 11.2. The molecule has 0 saturated carbocycles. The molecule has 18 heavy (non-hydrogen) atoms. The van der Waals surface area contributed by atoms with Crippen LogP contribution in [0.25, 0.3) is 5.65 Å². The predicted molar refractivity (Wildman–Crippen MR) is 71.8 cm³/mol. The maximum atomic E-state index is 4.51. The van der Waals surface area contributed by atoms with E-state index in [4.69, 9.17) is 0 Å². The standard InChI is InChI=1S/C12H13N5S/c1-2-10-15-12(18-16-10)13-7-9-8-17-6-4-3-5-11(17)14-9/h3-6,8H,2,7H2,1H3,(H,13,15,16). The third-order valence-electron chi connectivity index (χ3n) is 2.62. The van der Waals surface area contributed by atoms with Gasteiger partial charge in [0.15, 0.2) is 0 Å². The minimum atomic E-state index is 0.667. The van der Waals surface area contributed by atoms with Crippen molar-refractivity contribution < 1.29 is 0 Å². The van der Waals surface area contributed by atoms with Crippen LogP contribution in [0.3, 0.4) is 0 Å². The van der Waals surface area contributed by atoms with Gasteiger partial charge in [-0.05, 0) is 12.1 Å². The molecule has 0 aliphatic carbocycles. The summed E-state index contributed by atoms with van der Waals surface area (Å²) in [4.78, 5) is 8.87. The fourth-order valence-corrected chi connectivity index (χ4v) is 2.35. The zero-order valence-electron chi connectivity index (χ0n) is 10.00. The van der Waals surface area contributed by atoms with Gasteiger partial charge in [-0.2, -0.15) is 4.37 Å². The number of nitrogens with zero attached hydrogens (tertiary/aromatic N) is 4. The van der Waals surface area contributed by atoms with Crippen LogP contribution in [-0.4, -0.2) is 18.7 Å². The largest absolute Gasteiger partial charge is 0.355 e. The van der Waals surface area contributed by atoms with Gasteiger partial charge < -0.3 is 9.72 Å². The maximum Gasteiger partial charge on any atom is 0.202 e.